The number of pyridine rings is 1. The van der Waals surface area contributed by atoms with Crippen molar-refractivity contribution in [3.05, 3.63) is 59.5 Å². The van der Waals surface area contributed by atoms with Gasteiger partial charge in [-0.2, -0.15) is 6.20 Å². The molecule has 2 aliphatic rings. The zero-order valence-corrected chi connectivity index (χ0v) is 21.0. The molecule has 2 unspecified atom stereocenters. The van der Waals surface area contributed by atoms with Crippen LogP contribution in [-0.2, 0) is 19.7 Å². The monoisotopic (exact) mass is 614 g/mol. The molecular formula is C15H18Br2HgN4-2. The van der Waals surface area contributed by atoms with Crippen molar-refractivity contribution in [2.45, 2.75) is 31.6 Å². The van der Waals surface area contributed by atoms with E-state index in [2.05, 4.69) is 45.1 Å². The summed E-state index contributed by atoms with van der Waals surface area (Å²) in [6.07, 6.45) is 13.5. The van der Waals surface area contributed by atoms with Crippen molar-refractivity contribution in [3.63, 3.8) is 0 Å². The Labute approximate surface area is 155 Å². The van der Waals surface area contributed by atoms with Crippen LogP contribution < -0.4 is 4.90 Å². The molecule has 2 aliphatic heterocycles. The second kappa shape index (κ2) is 10.8. The summed E-state index contributed by atoms with van der Waals surface area (Å²) in [5.74, 6) is 0.951. The average Bonchev–Trinajstić information content (AvgIpc) is 2.59. The summed E-state index contributed by atoms with van der Waals surface area (Å²) in [6, 6.07) is 5.99. The van der Waals surface area contributed by atoms with Gasteiger partial charge in [-0.3, -0.25) is 0 Å². The molecule has 22 heavy (non-hydrogen) atoms. The summed E-state index contributed by atoms with van der Waals surface area (Å²) in [5.41, 5.74) is 0. The van der Waals surface area contributed by atoms with E-state index in [1.807, 2.05) is 42.7 Å². The van der Waals surface area contributed by atoms with Crippen molar-refractivity contribution < 1.29 is 19.7 Å². The van der Waals surface area contributed by atoms with E-state index < -0.39 is 19.7 Å². The number of allylic oxidation sites excluding steroid dienone is 2. The van der Waals surface area contributed by atoms with Crippen molar-refractivity contribution in [1.29, 1.82) is 0 Å². The van der Waals surface area contributed by atoms with E-state index in [9.17, 15) is 0 Å². The molecule has 0 aromatic carbocycles. The molecule has 4 nitrogen and oxygen atoms in total. The first kappa shape index (κ1) is 18.4. The van der Waals surface area contributed by atoms with E-state index in [1.54, 1.807) is 0 Å². The Bertz CT molecular complexity index is 478. The first-order valence-electron chi connectivity index (χ1n) is 7.38. The Hall–Kier alpha value is 0.0851. The van der Waals surface area contributed by atoms with Crippen molar-refractivity contribution in [3.8, 4) is 0 Å². The van der Waals surface area contributed by atoms with Crippen LogP contribution in [0.15, 0.2) is 48.8 Å². The van der Waals surface area contributed by atoms with E-state index in [0.29, 0.717) is 0 Å². The quantitative estimate of drug-likeness (QED) is 0.437. The van der Waals surface area contributed by atoms with Crippen molar-refractivity contribution >= 4 is 29.6 Å². The Morgan fingerprint density at radius 1 is 1.23 bits per heavy atom. The van der Waals surface area contributed by atoms with Crippen LogP contribution in [0.2, 0.25) is 0 Å². The SMILES string of the molecule is C1=C[N-]C(N(c2ccccn2)C2CCCC[N-]2)C=C1.[Br][Hg][Br]. The molecule has 116 valence electrons. The molecule has 0 saturated carbocycles. The fourth-order valence-electron chi connectivity index (χ4n) is 2.53. The van der Waals surface area contributed by atoms with Gasteiger partial charge in [0.25, 0.3) is 0 Å². The van der Waals surface area contributed by atoms with Crippen molar-refractivity contribution in [2.75, 3.05) is 11.4 Å². The van der Waals surface area contributed by atoms with Gasteiger partial charge in [-0.25, -0.2) is 4.98 Å². The van der Waals surface area contributed by atoms with Crippen LogP contribution in [0.4, 0.5) is 5.82 Å². The zero-order chi connectivity index (χ0) is 15.6. The van der Waals surface area contributed by atoms with Crippen LogP contribution in [0.3, 0.4) is 0 Å². The molecule has 3 heterocycles. The Kier molecular flexibility index (Phi) is 9.03. The molecule has 2 atom stereocenters. The molecule has 0 N–H and O–H groups in total. The van der Waals surface area contributed by atoms with Crippen molar-refractivity contribution in [1.82, 2.24) is 4.98 Å². The molecule has 1 saturated heterocycles. The molecule has 0 spiro atoms. The van der Waals surface area contributed by atoms with Crippen LogP contribution in [0.25, 0.3) is 10.6 Å². The molecule has 1 aromatic heterocycles. The summed E-state index contributed by atoms with van der Waals surface area (Å²) in [6.45, 7) is 0.945. The van der Waals surface area contributed by atoms with E-state index >= 15 is 0 Å². The molecule has 0 amide bonds. The number of anilines is 1. The van der Waals surface area contributed by atoms with Gasteiger partial charge in [0.15, 0.2) is 0 Å². The van der Waals surface area contributed by atoms with Gasteiger partial charge < -0.3 is 15.5 Å². The Morgan fingerprint density at radius 3 is 2.68 bits per heavy atom. The number of hydrogen-bond donors (Lipinski definition) is 0. The predicted octanol–water partition coefficient (Wildman–Crippen LogP) is 5.24. The fraction of sp³-hybridized carbons (Fsp3) is 0.400. The van der Waals surface area contributed by atoms with Crippen LogP contribution in [0.1, 0.15) is 19.3 Å². The predicted molar refractivity (Wildman–Crippen MR) is 95.9 cm³/mol. The Morgan fingerprint density at radius 2 is 2.09 bits per heavy atom. The summed E-state index contributed by atoms with van der Waals surface area (Å²) in [4.78, 5) is 6.70. The molecule has 3 rings (SSSR count). The first-order valence-corrected chi connectivity index (χ1v) is 31.2. The van der Waals surface area contributed by atoms with Crippen LogP contribution in [-0.4, -0.2) is 23.9 Å². The van der Waals surface area contributed by atoms with Gasteiger partial charge in [0.1, 0.15) is 5.82 Å². The molecule has 7 heteroatoms. The number of aromatic nitrogens is 1. The van der Waals surface area contributed by atoms with Gasteiger partial charge in [-0.05, 0) is 18.3 Å². The normalized spacial score (nSPS) is 22.8. The van der Waals surface area contributed by atoms with Crippen molar-refractivity contribution in [2.24, 2.45) is 0 Å². The van der Waals surface area contributed by atoms with Gasteiger partial charge in [0.05, 0.1) is 0 Å². The minimum atomic E-state index is -0.458. The van der Waals surface area contributed by atoms with Gasteiger partial charge in [-0.1, -0.05) is 49.7 Å². The number of piperidine rings is 1. The molecular weight excluding hydrogens is 597 g/mol. The van der Waals surface area contributed by atoms with E-state index in [1.165, 1.54) is 12.8 Å². The number of hydrogen-bond acceptors (Lipinski definition) is 2. The van der Waals surface area contributed by atoms with E-state index in [0.717, 1.165) is 18.8 Å². The number of rotatable bonds is 3. The molecule has 1 aromatic rings. The third kappa shape index (κ3) is 5.62. The van der Waals surface area contributed by atoms with Gasteiger partial charge in [-0.15, -0.1) is 6.54 Å². The van der Waals surface area contributed by atoms with E-state index in [4.69, 9.17) is 5.32 Å². The minimum absolute atomic E-state index is 0.00625. The molecule has 0 aliphatic carbocycles. The number of nitrogens with zero attached hydrogens (tertiary/aromatic N) is 4. The zero-order valence-electron chi connectivity index (χ0n) is 12.4. The fourth-order valence-corrected chi connectivity index (χ4v) is 2.53. The summed E-state index contributed by atoms with van der Waals surface area (Å²) in [5, 5.41) is 9.29. The maximum atomic E-state index is 4.75. The summed E-state index contributed by atoms with van der Waals surface area (Å²) in [7, 11) is 0. The Balaban J connectivity index is 0.000000545. The van der Waals surface area contributed by atoms with E-state index in [-0.39, 0.29) is 12.3 Å². The third-order valence-electron chi connectivity index (χ3n) is 3.45. The van der Waals surface area contributed by atoms with Crippen LogP contribution in [0.5, 0.6) is 0 Å². The molecule has 1 fully saturated rings. The second-order valence-corrected chi connectivity index (χ2v) is 28.7. The number of halogens is 2. The summed E-state index contributed by atoms with van der Waals surface area (Å²) >= 11 is 6.11. The van der Waals surface area contributed by atoms with Gasteiger partial charge >= 0.3 is 43.5 Å². The first-order chi connectivity index (χ1) is 10.9. The van der Waals surface area contributed by atoms with Crippen LogP contribution in [0, 0.1) is 0 Å². The maximum absolute atomic E-state index is 4.75. The third-order valence-corrected chi connectivity index (χ3v) is 3.45. The average molecular weight is 615 g/mol. The van der Waals surface area contributed by atoms with Crippen LogP contribution >= 0.6 is 23.8 Å². The molecule has 0 radical (unpaired) electrons. The second-order valence-electron chi connectivity index (χ2n) is 4.87. The molecule has 0 bridgehead atoms. The topological polar surface area (TPSA) is 44.3 Å². The standard InChI is InChI=1S/C15H18N4.2BrH.Hg/c1-4-10-16-13(7-1)19(14-8-2-5-11-17-14)15-9-3-6-12-18-15;;;/h1-2,4-5,7-8,10-11,13,15H,3,6,9,12H2;2*1H;/q-2;;;+2/p-2. The van der Waals surface area contributed by atoms with Gasteiger partial charge in [0.2, 0.25) is 0 Å². The van der Waals surface area contributed by atoms with Gasteiger partial charge in [0, 0.05) is 6.20 Å². The summed E-state index contributed by atoms with van der Waals surface area (Å²) < 4.78 is 0.